The van der Waals surface area contributed by atoms with Crippen LogP contribution in [0, 0.1) is 0 Å². The van der Waals surface area contributed by atoms with Crippen LogP contribution in [0.1, 0.15) is 24.9 Å². The molecule has 1 aromatic heterocycles. The third-order valence-electron chi connectivity index (χ3n) is 2.43. The Bertz CT molecular complexity index is 429. The lowest BCUT2D eigenvalue weighted by Gasteiger charge is -2.15. The molecule has 1 heterocycles. The highest BCUT2D eigenvalue weighted by Gasteiger charge is 2.41. The Labute approximate surface area is 114 Å². The second kappa shape index (κ2) is 7.37. The molecular weight excluding hydrogens is 278 g/mol. The fourth-order valence-corrected chi connectivity index (χ4v) is 1.47. The quantitative estimate of drug-likeness (QED) is 0.749. The van der Waals surface area contributed by atoms with Gasteiger partial charge in [-0.2, -0.15) is 8.78 Å². The van der Waals surface area contributed by atoms with E-state index in [1.54, 1.807) is 13.1 Å². The van der Waals surface area contributed by atoms with Crippen LogP contribution in [0.5, 0.6) is 0 Å². The number of alkyl halides is 4. The Kier molecular flexibility index (Phi) is 6.12. The molecule has 0 saturated carbocycles. The van der Waals surface area contributed by atoms with Crippen LogP contribution in [0.4, 0.5) is 23.4 Å². The highest BCUT2D eigenvalue weighted by atomic mass is 19.3. The molecular formula is C12H17F4N3O. The first-order chi connectivity index (χ1) is 9.39. The molecule has 8 heteroatoms. The van der Waals surface area contributed by atoms with Crippen LogP contribution in [-0.4, -0.2) is 36.0 Å². The minimum absolute atomic E-state index is 0.186. The maximum atomic E-state index is 12.7. The molecule has 1 aromatic rings. The average molecular weight is 295 g/mol. The summed E-state index contributed by atoms with van der Waals surface area (Å²) in [7, 11) is 1.66. The van der Waals surface area contributed by atoms with Crippen LogP contribution >= 0.6 is 0 Å². The summed E-state index contributed by atoms with van der Waals surface area (Å²) in [6.45, 7) is 0.274. The van der Waals surface area contributed by atoms with E-state index >= 15 is 0 Å². The maximum Gasteiger partial charge on any atom is 0.330 e. The molecule has 1 rings (SSSR count). The van der Waals surface area contributed by atoms with Gasteiger partial charge < -0.3 is 10.1 Å². The van der Waals surface area contributed by atoms with Gasteiger partial charge in [0, 0.05) is 18.8 Å². The third-order valence-corrected chi connectivity index (χ3v) is 2.43. The van der Waals surface area contributed by atoms with E-state index in [9.17, 15) is 17.6 Å². The topological polar surface area (TPSA) is 47.0 Å². The van der Waals surface area contributed by atoms with Crippen LogP contribution in [0.3, 0.4) is 0 Å². The number of nitrogens with one attached hydrogen (secondary N) is 1. The van der Waals surface area contributed by atoms with Gasteiger partial charge in [0.25, 0.3) is 0 Å². The Hall–Kier alpha value is -1.44. The molecule has 0 amide bonds. The van der Waals surface area contributed by atoms with Crippen LogP contribution in [-0.2, 0) is 17.8 Å². The summed E-state index contributed by atoms with van der Waals surface area (Å²) >= 11 is 0. The average Bonchev–Trinajstić information content (AvgIpc) is 2.38. The van der Waals surface area contributed by atoms with Gasteiger partial charge in [-0.25, -0.2) is 18.7 Å². The number of hydrogen-bond acceptors (Lipinski definition) is 4. The Balaban J connectivity index is 2.65. The minimum Gasteiger partial charge on any atom is -0.373 e. The Morgan fingerprint density at radius 3 is 2.60 bits per heavy atom. The molecule has 0 aliphatic rings. The number of rotatable bonds is 8. The number of ether oxygens (including phenoxy) is 1. The van der Waals surface area contributed by atoms with Crippen molar-refractivity contribution in [2.24, 2.45) is 0 Å². The Morgan fingerprint density at radius 1 is 1.35 bits per heavy atom. The van der Waals surface area contributed by atoms with Crippen LogP contribution in [0.25, 0.3) is 0 Å². The van der Waals surface area contributed by atoms with Gasteiger partial charge in [-0.15, -0.1) is 0 Å². The molecule has 0 saturated heterocycles. The van der Waals surface area contributed by atoms with Gasteiger partial charge in [0.05, 0.1) is 0 Å². The summed E-state index contributed by atoms with van der Waals surface area (Å²) in [5, 5.41) is 2.82. The SMILES string of the molecule is CCCc1cc(NC)nc(COCC(F)(F)C(F)F)n1. The van der Waals surface area contributed by atoms with Gasteiger partial charge in [0.2, 0.25) is 0 Å². The predicted octanol–water partition coefficient (Wildman–Crippen LogP) is 2.89. The molecule has 0 aromatic carbocycles. The van der Waals surface area contributed by atoms with Crippen LogP contribution in [0.2, 0.25) is 0 Å². The number of nitrogens with zero attached hydrogens (tertiary/aromatic N) is 2. The van der Waals surface area contributed by atoms with Gasteiger partial charge in [0.15, 0.2) is 5.82 Å². The van der Waals surface area contributed by atoms with Crippen molar-refractivity contribution in [2.45, 2.75) is 38.7 Å². The summed E-state index contributed by atoms with van der Waals surface area (Å²) in [5.41, 5.74) is 0.742. The first kappa shape index (κ1) is 16.6. The van der Waals surface area contributed by atoms with E-state index in [4.69, 9.17) is 0 Å². The molecule has 0 fully saturated rings. The van der Waals surface area contributed by atoms with E-state index in [0.29, 0.717) is 12.2 Å². The van der Waals surface area contributed by atoms with Gasteiger partial charge in [-0.3, -0.25) is 0 Å². The molecule has 0 aliphatic carbocycles. The van der Waals surface area contributed by atoms with Crippen LogP contribution in [0.15, 0.2) is 6.07 Å². The summed E-state index contributed by atoms with van der Waals surface area (Å²) in [6, 6.07) is 1.74. The molecule has 4 nitrogen and oxygen atoms in total. The van der Waals surface area contributed by atoms with Crippen molar-refractivity contribution >= 4 is 5.82 Å². The van der Waals surface area contributed by atoms with E-state index in [2.05, 4.69) is 20.0 Å². The van der Waals surface area contributed by atoms with E-state index in [1.807, 2.05) is 6.92 Å². The smallest absolute Gasteiger partial charge is 0.330 e. The number of aryl methyl sites for hydroxylation is 1. The van der Waals surface area contributed by atoms with Crippen molar-refractivity contribution in [1.29, 1.82) is 0 Å². The van der Waals surface area contributed by atoms with Crippen LogP contribution < -0.4 is 5.32 Å². The molecule has 0 unspecified atom stereocenters. The normalized spacial score (nSPS) is 11.9. The highest BCUT2D eigenvalue weighted by Crippen LogP contribution is 2.23. The first-order valence-corrected chi connectivity index (χ1v) is 6.17. The highest BCUT2D eigenvalue weighted by molar-refractivity contribution is 5.35. The zero-order valence-electron chi connectivity index (χ0n) is 11.3. The number of hydrogen-bond donors (Lipinski definition) is 1. The summed E-state index contributed by atoms with van der Waals surface area (Å²) in [5.74, 6) is -3.44. The Morgan fingerprint density at radius 2 is 2.05 bits per heavy atom. The number of aromatic nitrogens is 2. The van der Waals surface area contributed by atoms with E-state index in [-0.39, 0.29) is 12.4 Å². The van der Waals surface area contributed by atoms with Crippen molar-refractivity contribution in [2.75, 3.05) is 19.0 Å². The second-order valence-electron chi connectivity index (χ2n) is 4.22. The number of halogens is 4. The molecule has 0 spiro atoms. The largest absolute Gasteiger partial charge is 0.373 e. The monoisotopic (exact) mass is 295 g/mol. The van der Waals surface area contributed by atoms with Crippen molar-refractivity contribution in [3.05, 3.63) is 17.6 Å². The van der Waals surface area contributed by atoms with Crippen molar-refractivity contribution in [1.82, 2.24) is 9.97 Å². The minimum atomic E-state index is -4.16. The van der Waals surface area contributed by atoms with Gasteiger partial charge in [0.1, 0.15) is 19.0 Å². The lowest BCUT2D eigenvalue weighted by atomic mass is 10.2. The fraction of sp³-hybridized carbons (Fsp3) is 0.667. The number of anilines is 1. The standard InChI is InChI=1S/C12H17F4N3O/c1-3-4-8-5-9(17-2)19-10(18-8)6-20-7-12(15,16)11(13)14/h5,11H,3-4,6-7H2,1-2H3,(H,17,18,19). The molecule has 0 aliphatic heterocycles. The summed E-state index contributed by atoms with van der Waals surface area (Å²) in [6.07, 6.45) is -2.18. The van der Waals surface area contributed by atoms with E-state index in [1.165, 1.54) is 0 Å². The lowest BCUT2D eigenvalue weighted by Crippen LogP contribution is -2.32. The molecule has 20 heavy (non-hydrogen) atoms. The third kappa shape index (κ3) is 4.92. The van der Waals surface area contributed by atoms with E-state index in [0.717, 1.165) is 12.1 Å². The molecule has 0 bridgehead atoms. The zero-order chi connectivity index (χ0) is 15.2. The predicted molar refractivity (Wildman–Crippen MR) is 66.2 cm³/mol. The van der Waals surface area contributed by atoms with E-state index < -0.39 is 19.0 Å². The first-order valence-electron chi connectivity index (χ1n) is 6.17. The zero-order valence-corrected chi connectivity index (χ0v) is 11.3. The van der Waals surface area contributed by atoms with Gasteiger partial charge >= 0.3 is 12.3 Å². The van der Waals surface area contributed by atoms with Gasteiger partial charge in [-0.05, 0) is 6.42 Å². The summed E-state index contributed by atoms with van der Waals surface area (Å²) in [4.78, 5) is 8.15. The molecule has 1 N–H and O–H groups in total. The second-order valence-corrected chi connectivity index (χ2v) is 4.22. The van der Waals surface area contributed by atoms with Crippen molar-refractivity contribution in [3.63, 3.8) is 0 Å². The maximum absolute atomic E-state index is 12.7. The van der Waals surface area contributed by atoms with Gasteiger partial charge in [-0.1, -0.05) is 13.3 Å². The molecule has 0 atom stereocenters. The fourth-order valence-electron chi connectivity index (χ4n) is 1.47. The lowest BCUT2D eigenvalue weighted by molar-refractivity contribution is -0.168. The molecule has 0 radical (unpaired) electrons. The summed E-state index contributed by atoms with van der Waals surface area (Å²) < 4.78 is 53.8. The molecule has 114 valence electrons. The van der Waals surface area contributed by atoms with Crippen molar-refractivity contribution in [3.8, 4) is 0 Å². The van der Waals surface area contributed by atoms with Crippen molar-refractivity contribution < 1.29 is 22.3 Å².